The van der Waals surface area contributed by atoms with Crippen molar-refractivity contribution in [1.82, 2.24) is 19.3 Å². The van der Waals surface area contributed by atoms with E-state index in [-0.39, 0.29) is 18.0 Å². The third kappa shape index (κ3) is 5.71. The van der Waals surface area contributed by atoms with Gasteiger partial charge in [-0.2, -0.15) is 18.3 Å². The molecule has 7 nitrogen and oxygen atoms in total. The van der Waals surface area contributed by atoms with Gasteiger partial charge in [-0.1, -0.05) is 18.2 Å². The lowest BCUT2D eigenvalue weighted by atomic mass is 10.1. The molecule has 1 N–H and O–H groups in total. The first-order valence-corrected chi connectivity index (χ1v) is 10.9. The highest BCUT2D eigenvalue weighted by Gasteiger charge is 2.30. The van der Waals surface area contributed by atoms with E-state index in [0.29, 0.717) is 41.5 Å². The van der Waals surface area contributed by atoms with Crippen LogP contribution < -0.4 is 10.1 Å². The van der Waals surface area contributed by atoms with Gasteiger partial charge in [-0.3, -0.25) is 4.79 Å². The van der Waals surface area contributed by atoms with Crippen molar-refractivity contribution < 1.29 is 22.7 Å². The molecule has 0 aliphatic rings. The largest absolute Gasteiger partial charge is 0.490 e. The molecule has 0 radical (unpaired) electrons. The van der Waals surface area contributed by atoms with Crippen molar-refractivity contribution in [1.29, 1.82) is 0 Å². The van der Waals surface area contributed by atoms with E-state index >= 15 is 0 Å². The summed E-state index contributed by atoms with van der Waals surface area (Å²) < 4.78 is 48.6. The van der Waals surface area contributed by atoms with Crippen LogP contribution in [0.15, 0.2) is 67.3 Å². The van der Waals surface area contributed by atoms with E-state index < -0.39 is 11.7 Å². The van der Waals surface area contributed by atoms with Crippen LogP contribution in [0.3, 0.4) is 0 Å². The molecule has 0 unspecified atom stereocenters. The topological polar surface area (TPSA) is 74.0 Å². The third-order valence-corrected chi connectivity index (χ3v) is 5.52. The molecule has 0 aliphatic carbocycles. The molecule has 0 saturated carbocycles. The molecular formula is C25H24F3N5O2. The fraction of sp³-hybridized carbons (Fsp3) is 0.240. The summed E-state index contributed by atoms with van der Waals surface area (Å²) in [7, 11) is 0. The second-order valence-electron chi connectivity index (χ2n) is 7.98. The van der Waals surface area contributed by atoms with E-state index in [1.807, 2.05) is 16.8 Å². The second kappa shape index (κ2) is 10.0. The van der Waals surface area contributed by atoms with Gasteiger partial charge in [0.25, 0.3) is 0 Å². The predicted molar refractivity (Wildman–Crippen MR) is 125 cm³/mol. The minimum atomic E-state index is -4.46. The lowest BCUT2D eigenvalue weighted by molar-refractivity contribution is -0.137. The molecule has 0 bridgehead atoms. The number of hydrogen-bond donors (Lipinski definition) is 1. The van der Waals surface area contributed by atoms with Crippen molar-refractivity contribution in [3.63, 3.8) is 0 Å². The summed E-state index contributed by atoms with van der Waals surface area (Å²) in [5.41, 5.74) is 1.87. The Labute approximate surface area is 200 Å². The highest BCUT2D eigenvalue weighted by molar-refractivity contribution is 5.94. The number of anilines is 1. The predicted octanol–water partition coefficient (Wildman–Crippen LogP) is 4.96. The van der Waals surface area contributed by atoms with E-state index in [1.165, 1.54) is 10.7 Å². The van der Waals surface area contributed by atoms with Gasteiger partial charge in [0.2, 0.25) is 5.91 Å². The van der Waals surface area contributed by atoms with E-state index in [9.17, 15) is 18.0 Å². The lowest BCUT2D eigenvalue weighted by Crippen LogP contribution is -2.16. The number of nitrogens with zero attached hydrogens (tertiary/aromatic N) is 4. The number of aromatic nitrogens is 4. The van der Waals surface area contributed by atoms with Crippen molar-refractivity contribution in [2.45, 2.75) is 33.0 Å². The quantitative estimate of drug-likeness (QED) is 0.384. The molecule has 0 spiro atoms. The third-order valence-electron chi connectivity index (χ3n) is 5.52. The van der Waals surface area contributed by atoms with Gasteiger partial charge in [0.05, 0.1) is 41.9 Å². The number of alkyl halides is 3. The highest BCUT2D eigenvalue weighted by atomic mass is 19.4. The zero-order valence-electron chi connectivity index (χ0n) is 19.2. The minimum Gasteiger partial charge on any atom is -0.490 e. The molecule has 2 heterocycles. The number of amides is 1. The monoisotopic (exact) mass is 483 g/mol. The summed E-state index contributed by atoms with van der Waals surface area (Å²) in [6, 6.07) is 12.1. The number of aryl methyl sites for hydroxylation is 1. The van der Waals surface area contributed by atoms with Gasteiger partial charge in [0.15, 0.2) is 0 Å². The summed E-state index contributed by atoms with van der Waals surface area (Å²) in [6.07, 6.45) is 0.777. The van der Waals surface area contributed by atoms with Gasteiger partial charge in [0, 0.05) is 23.7 Å². The van der Waals surface area contributed by atoms with Crippen LogP contribution in [0.2, 0.25) is 0 Å². The van der Waals surface area contributed by atoms with E-state index in [2.05, 4.69) is 15.4 Å². The molecule has 0 aliphatic heterocycles. The van der Waals surface area contributed by atoms with Gasteiger partial charge in [0.1, 0.15) is 12.4 Å². The first-order valence-electron chi connectivity index (χ1n) is 10.9. The van der Waals surface area contributed by atoms with Crippen LogP contribution in [0, 0.1) is 13.8 Å². The molecule has 10 heteroatoms. The zero-order valence-corrected chi connectivity index (χ0v) is 19.2. The highest BCUT2D eigenvalue weighted by Crippen LogP contribution is 2.31. The van der Waals surface area contributed by atoms with Crippen LogP contribution in [0.1, 0.15) is 22.5 Å². The first-order chi connectivity index (χ1) is 16.7. The number of hydrogen-bond acceptors (Lipinski definition) is 4. The lowest BCUT2D eigenvalue weighted by Gasteiger charge is -2.13. The fourth-order valence-electron chi connectivity index (χ4n) is 3.73. The summed E-state index contributed by atoms with van der Waals surface area (Å²) >= 11 is 0. The molecule has 1 amide bonds. The zero-order chi connectivity index (χ0) is 25.0. The number of imidazole rings is 1. The van der Waals surface area contributed by atoms with Crippen LogP contribution in [-0.2, 0) is 23.9 Å². The van der Waals surface area contributed by atoms with Crippen LogP contribution in [0.25, 0.3) is 5.69 Å². The molecule has 2 aromatic heterocycles. The van der Waals surface area contributed by atoms with Gasteiger partial charge in [-0.05, 0) is 44.2 Å². The molecule has 4 rings (SSSR count). The summed E-state index contributed by atoms with van der Waals surface area (Å²) in [5, 5.41) is 7.25. The molecule has 182 valence electrons. The Kier molecular flexibility index (Phi) is 6.90. The number of rotatable bonds is 8. The average Bonchev–Trinajstić information content (AvgIpc) is 3.43. The fourth-order valence-corrected chi connectivity index (χ4v) is 3.73. The number of para-hydroxylation sites is 2. The van der Waals surface area contributed by atoms with Gasteiger partial charge in [-0.25, -0.2) is 9.67 Å². The summed E-state index contributed by atoms with van der Waals surface area (Å²) in [6.45, 7) is 4.46. The Morgan fingerprint density at radius 3 is 2.66 bits per heavy atom. The van der Waals surface area contributed by atoms with Crippen LogP contribution in [0.5, 0.6) is 5.75 Å². The molecule has 0 atom stereocenters. The molecular weight excluding hydrogens is 459 g/mol. The van der Waals surface area contributed by atoms with E-state index in [4.69, 9.17) is 4.74 Å². The van der Waals surface area contributed by atoms with Crippen molar-refractivity contribution in [3.8, 4) is 11.4 Å². The Bertz CT molecular complexity index is 1310. The smallest absolute Gasteiger partial charge is 0.416 e. The van der Waals surface area contributed by atoms with Gasteiger partial charge < -0.3 is 14.6 Å². The standard InChI is InChI=1S/C25H24F3N5O2/c1-17-21(18(2)33(31-17)20-7-5-6-19(14-20)25(26,27)28)15-24(34)30-22-8-3-4-9-23(22)35-13-12-32-11-10-29-16-32/h3-11,14,16H,12-13,15H2,1-2H3,(H,30,34). The van der Waals surface area contributed by atoms with Crippen molar-refractivity contribution in [2.75, 3.05) is 11.9 Å². The number of carbonyl (C=O) groups is 1. The van der Waals surface area contributed by atoms with Gasteiger partial charge >= 0.3 is 6.18 Å². The van der Waals surface area contributed by atoms with Crippen LogP contribution in [0.4, 0.5) is 18.9 Å². The van der Waals surface area contributed by atoms with E-state index in [1.54, 1.807) is 50.6 Å². The minimum absolute atomic E-state index is 0.0139. The van der Waals surface area contributed by atoms with E-state index in [0.717, 1.165) is 12.1 Å². The Balaban J connectivity index is 1.46. The summed E-state index contributed by atoms with van der Waals surface area (Å²) in [5.74, 6) is 0.250. The first kappa shape index (κ1) is 24.1. The molecule has 35 heavy (non-hydrogen) atoms. The maximum Gasteiger partial charge on any atom is 0.416 e. The maximum atomic E-state index is 13.1. The average molecular weight is 483 g/mol. The molecule has 4 aromatic rings. The van der Waals surface area contributed by atoms with Gasteiger partial charge in [-0.15, -0.1) is 0 Å². The second-order valence-corrected chi connectivity index (χ2v) is 7.98. The Morgan fingerprint density at radius 1 is 1.11 bits per heavy atom. The Hall–Kier alpha value is -4.08. The number of nitrogens with one attached hydrogen (secondary N) is 1. The molecule has 0 fully saturated rings. The molecule has 0 saturated heterocycles. The number of benzene rings is 2. The van der Waals surface area contributed by atoms with Crippen molar-refractivity contribution >= 4 is 11.6 Å². The normalized spacial score (nSPS) is 11.5. The number of halogens is 3. The van der Waals surface area contributed by atoms with Crippen molar-refractivity contribution in [2.24, 2.45) is 0 Å². The number of ether oxygens (including phenoxy) is 1. The maximum absolute atomic E-state index is 13.1. The van der Waals surface area contributed by atoms with Crippen LogP contribution >= 0.6 is 0 Å². The van der Waals surface area contributed by atoms with Crippen LogP contribution in [-0.4, -0.2) is 31.8 Å². The number of carbonyl (C=O) groups excluding carboxylic acids is 1. The summed E-state index contributed by atoms with van der Waals surface area (Å²) in [4.78, 5) is 16.9. The van der Waals surface area contributed by atoms with Crippen molar-refractivity contribution in [3.05, 3.63) is 89.8 Å². The molecule has 2 aromatic carbocycles. The SMILES string of the molecule is Cc1nn(-c2cccc(C(F)(F)F)c2)c(C)c1CC(=O)Nc1ccccc1OCCn1ccnc1. The Morgan fingerprint density at radius 2 is 1.91 bits per heavy atom.